The van der Waals surface area contributed by atoms with Crippen molar-refractivity contribution < 1.29 is 0 Å². The summed E-state index contributed by atoms with van der Waals surface area (Å²) in [6, 6.07) is 37.0. The lowest BCUT2D eigenvalue weighted by Gasteiger charge is -2.19. The maximum atomic E-state index is 7.21. The zero-order valence-corrected chi connectivity index (χ0v) is 70.0. The highest BCUT2D eigenvalue weighted by Crippen LogP contribution is 2.25. The van der Waals surface area contributed by atoms with E-state index in [0.29, 0.717) is 28.2 Å². The van der Waals surface area contributed by atoms with Gasteiger partial charge in [0.25, 0.3) is 0 Å². The van der Waals surface area contributed by atoms with Gasteiger partial charge in [0, 0.05) is 12.3 Å². The molecular formula is C93H172N2. The highest BCUT2D eigenvalue weighted by Gasteiger charge is 2.14. The predicted octanol–water partition coefficient (Wildman–Crippen LogP) is 31.0. The molecule has 0 aliphatic carbocycles. The van der Waals surface area contributed by atoms with Crippen LogP contribution in [0.4, 0.5) is 0 Å². The number of aryl methyl sites for hydroxylation is 2. The summed E-state index contributed by atoms with van der Waals surface area (Å²) in [5.74, 6) is 4.46. The van der Waals surface area contributed by atoms with Crippen LogP contribution in [0.3, 0.4) is 0 Å². The van der Waals surface area contributed by atoms with Crippen molar-refractivity contribution in [2.45, 2.75) is 394 Å². The Morgan fingerprint density at radius 1 is 0.316 bits per heavy atom. The molecule has 0 spiro atoms. The van der Waals surface area contributed by atoms with E-state index in [9.17, 15) is 0 Å². The average molecular weight is 1320 g/mol. The summed E-state index contributed by atoms with van der Waals surface area (Å²) in [6.07, 6.45) is 38.4. The second-order valence-corrected chi connectivity index (χ2v) is 34.8. The largest absolute Gasteiger partial charge is 0.326 e. The first-order chi connectivity index (χ1) is 44.3. The van der Waals surface area contributed by atoms with Crippen LogP contribution in [0.2, 0.25) is 0 Å². The molecule has 0 aliphatic rings. The van der Waals surface area contributed by atoms with E-state index in [1.807, 2.05) is 13.0 Å². The lowest BCUT2D eigenvalue weighted by Crippen LogP contribution is -2.12. The molecule has 3 N–H and O–H groups in total. The minimum atomic E-state index is 0.339. The summed E-state index contributed by atoms with van der Waals surface area (Å²) in [7, 11) is 0. The number of nitrogens with two attached hydrogens (primary N) is 1. The number of rotatable bonds is 31. The van der Waals surface area contributed by atoms with Gasteiger partial charge in [-0.25, -0.2) is 0 Å². The second kappa shape index (κ2) is 63.9. The maximum Gasteiger partial charge on any atom is 0.0180 e. The van der Waals surface area contributed by atoms with Crippen molar-refractivity contribution in [3.05, 3.63) is 142 Å². The van der Waals surface area contributed by atoms with E-state index in [1.165, 1.54) is 187 Å². The van der Waals surface area contributed by atoms with Crippen LogP contribution in [0.1, 0.15) is 387 Å². The summed E-state index contributed by atoms with van der Waals surface area (Å²) in [4.78, 5) is 0. The monoisotopic (exact) mass is 1320 g/mol. The number of hydrogen-bond donors (Lipinski definition) is 2. The Balaban J connectivity index is -0.000000322. The van der Waals surface area contributed by atoms with E-state index < -0.39 is 0 Å². The molecule has 2 nitrogen and oxygen atoms in total. The first kappa shape index (κ1) is 100. The van der Waals surface area contributed by atoms with Gasteiger partial charge in [0.05, 0.1) is 0 Å². The minimum Gasteiger partial charge on any atom is -0.326 e. The van der Waals surface area contributed by atoms with Gasteiger partial charge in [-0.3, -0.25) is 0 Å². The molecule has 0 saturated carbocycles. The molecule has 0 atom stereocenters. The van der Waals surface area contributed by atoms with Gasteiger partial charge in [-0.2, -0.15) is 0 Å². The Kier molecular flexibility index (Phi) is 67.4. The van der Waals surface area contributed by atoms with Gasteiger partial charge in [-0.1, -0.05) is 432 Å². The van der Waals surface area contributed by atoms with Crippen molar-refractivity contribution in [1.82, 2.24) is 0 Å². The van der Waals surface area contributed by atoms with E-state index in [-0.39, 0.29) is 0 Å². The molecule has 4 aromatic rings. The fourth-order valence-corrected chi connectivity index (χ4v) is 10.5. The van der Waals surface area contributed by atoms with Crippen LogP contribution in [0.25, 0.3) is 0 Å². The van der Waals surface area contributed by atoms with E-state index in [0.717, 1.165) is 73.8 Å². The van der Waals surface area contributed by atoms with Gasteiger partial charge in [0.15, 0.2) is 0 Å². The van der Waals surface area contributed by atoms with E-state index >= 15 is 0 Å². The first-order valence-electron chi connectivity index (χ1n) is 39.8. The van der Waals surface area contributed by atoms with Gasteiger partial charge in [0.2, 0.25) is 0 Å². The molecule has 0 heterocycles. The third kappa shape index (κ3) is 84.7. The van der Waals surface area contributed by atoms with Crippen LogP contribution in [0.15, 0.2) is 103 Å². The van der Waals surface area contributed by atoms with Crippen molar-refractivity contribution in [2.24, 2.45) is 57.0 Å². The molecule has 0 amide bonds. The first-order valence-corrected chi connectivity index (χ1v) is 39.8. The SMILES string of the molecule is CC(=N)CCCCCC(C)C.CC(C)(C)Cc1ccccc1.CC(C)(C)Cc1ccccc1CN.CCCCC(C)C.CCCCCC(C)C.CCCCCCC(C)C.CCCCCCCC(C)C.CCc1ccc(CC(C)(C)C)cc1.CCc1cccc(CC(C)(C)C)c1. The molecule has 0 bridgehead atoms. The summed E-state index contributed by atoms with van der Waals surface area (Å²) in [6.45, 7) is 66.0. The van der Waals surface area contributed by atoms with Crippen LogP contribution < -0.4 is 5.73 Å². The zero-order chi connectivity index (χ0) is 73.7. The number of benzene rings is 4. The Bertz CT molecular complexity index is 2190. The van der Waals surface area contributed by atoms with Crippen molar-refractivity contribution in [2.75, 3.05) is 0 Å². The standard InChI is InChI=1S/2C13H20.C12H19N.C11H16.C10H21N.C10H22.C9H20.C8H18.C7H16/c1-5-11-6-8-12(9-7-11)10-13(2,3)4;1-5-11-7-6-8-12(9-11)10-13(2,3)4;1-12(2,3)8-10-6-4-5-7-11(10)9-13;1-11(2,3)9-10-7-5-4-6-8-10;1-9(2)7-5-4-6-8-10(3)11;1-4-5-6-7-8-9-10(2)3;1-4-5-6-7-8-9(2)3;1-4-5-6-7-8(2)3;1-4-5-6-7(2)3/h2*6-9H,5,10H2,1-4H3;4-7H,8-9,13H2,1-3H3;4-8H,9H2,1-3H3;9,11H,4-8H2,1-3H3;10H,4-9H2,1-3H3;9H,4-8H2,1-3H3;8H,4-7H2,1-3H3;7H,4-6H2,1-3H3. The van der Waals surface area contributed by atoms with Crippen molar-refractivity contribution in [1.29, 1.82) is 5.41 Å². The number of hydrogen-bond acceptors (Lipinski definition) is 2. The summed E-state index contributed by atoms with van der Waals surface area (Å²) >= 11 is 0. The maximum absolute atomic E-state index is 7.21. The summed E-state index contributed by atoms with van der Waals surface area (Å²) < 4.78 is 0. The average Bonchev–Trinajstić information content (AvgIpc) is 1.08. The molecule has 0 aliphatic heterocycles. The number of unbranched alkanes of at least 4 members (excludes halogenated alkanes) is 12. The molecule has 2 heteroatoms. The van der Waals surface area contributed by atoms with E-state index in [1.54, 1.807) is 0 Å². The van der Waals surface area contributed by atoms with Gasteiger partial charge < -0.3 is 11.1 Å². The molecular weight excluding hydrogens is 1150 g/mol. The topological polar surface area (TPSA) is 49.9 Å². The fraction of sp³-hybridized carbons (Fsp3) is 0.731. The summed E-state index contributed by atoms with van der Waals surface area (Å²) in [5, 5.41) is 7.21. The molecule has 4 aromatic carbocycles. The van der Waals surface area contributed by atoms with Crippen LogP contribution in [0, 0.1) is 56.7 Å². The van der Waals surface area contributed by atoms with Crippen LogP contribution >= 0.6 is 0 Å². The van der Waals surface area contributed by atoms with Crippen molar-refractivity contribution in [3.8, 4) is 0 Å². The van der Waals surface area contributed by atoms with Crippen LogP contribution in [0.5, 0.6) is 0 Å². The van der Waals surface area contributed by atoms with Crippen molar-refractivity contribution in [3.63, 3.8) is 0 Å². The van der Waals surface area contributed by atoms with Gasteiger partial charge in [0.1, 0.15) is 0 Å². The summed E-state index contributed by atoms with van der Waals surface area (Å²) in [5.41, 5.74) is 17.9. The molecule has 4 rings (SSSR count). The zero-order valence-electron chi connectivity index (χ0n) is 70.0. The lowest BCUT2D eigenvalue weighted by atomic mass is 9.86. The fourth-order valence-electron chi connectivity index (χ4n) is 10.5. The quantitative estimate of drug-likeness (QED) is 0.0383. The molecule has 554 valence electrons. The van der Waals surface area contributed by atoms with Crippen LogP contribution in [-0.2, 0) is 45.1 Å². The lowest BCUT2D eigenvalue weighted by molar-refractivity contribution is 0.409. The van der Waals surface area contributed by atoms with E-state index in [4.69, 9.17) is 11.1 Å². The third-order valence-corrected chi connectivity index (χ3v) is 15.8. The molecule has 0 saturated heterocycles. The minimum absolute atomic E-state index is 0.339. The normalized spacial score (nSPS) is 11.1. The molecule has 0 aromatic heterocycles. The van der Waals surface area contributed by atoms with Crippen molar-refractivity contribution >= 4 is 5.71 Å². The smallest absolute Gasteiger partial charge is 0.0180 e. The molecule has 0 radical (unpaired) electrons. The predicted molar refractivity (Wildman–Crippen MR) is 442 cm³/mol. The Labute approximate surface area is 600 Å². The van der Waals surface area contributed by atoms with Gasteiger partial charge in [-0.05, 0) is 148 Å². The van der Waals surface area contributed by atoms with Crippen LogP contribution in [-0.4, -0.2) is 5.71 Å². The molecule has 95 heavy (non-hydrogen) atoms. The highest BCUT2D eigenvalue weighted by atomic mass is 14.5. The molecule has 0 fully saturated rings. The second-order valence-electron chi connectivity index (χ2n) is 34.8. The van der Waals surface area contributed by atoms with E-state index in [2.05, 4.69) is 291 Å². The Morgan fingerprint density at radius 3 is 0.968 bits per heavy atom. The third-order valence-electron chi connectivity index (χ3n) is 15.8. The van der Waals surface area contributed by atoms with Gasteiger partial charge in [-0.15, -0.1) is 0 Å². The molecule has 0 unspecified atom stereocenters. The highest BCUT2D eigenvalue weighted by molar-refractivity contribution is 5.78. The number of nitrogens with one attached hydrogen (secondary N) is 1. The van der Waals surface area contributed by atoms with Gasteiger partial charge >= 0.3 is 0 Å². The Morgan fingerprint density at radius 2 is 0.611 bits per heavy atom. The Hall–Kier alpha value is -3.49.